The molecule has 0 saturated heterocycles. The molecular weight excluding hydrogens is 172 g/mol. The zero-order valence-electron chi connectivity index (χ0n) is 6.51. The Balaban J connectivity index is 0. The molecule has 0 aromatic heterocycles. The number of rotatable bonds is 1. The van der Waals surface area contributed by atoms with Gasteiger partial charge in [0.15, 0.2) is 0 Å². The van der Waals surface area contributed by atoms with E-state index in [2.05, 4.69) is 6.92 Å². The van der Waals surface area contributed by atoms with Crippen LogP contribution < -0.4 is 17.1 Å². The summed E-state index contributed by atoms with van der Waals surface area (Å²) in [5, 5.41) is 0. The van der Waals surface area contributed by atoms with Crippen molar-refractivity contribution in [1.82, 2.24) is 0 Å². The molecular formula is C8H9ClMgO. The van der Waals surface area contributed by atoms with E-state index in [9.17, 15) is 0 Å². The van der Waals surface area contributed by atoms with Crippen molar-refractivity contribution >= 4 is 23.1 Å². The average Bonchev–Trinajstić information content (AvgIpc) is 1.89. The van der Waals surface area contributed by atoms with Gasteiger partial charge in [-0.2, -0.15) is 18.6 Å². The fourth-order valence-electron chi connectivity index (χ4n) is 0.703. The third kappa shape index (κ3) is 3.75. The summed E-state index contributed by atoms with van der Waals surface area (Å²) in [6.07, 6.45) is 0. The van der Waals surface area contributed by atoms with Crippen molar-refractivity contribution in [2.45, 2.75) is 0 Å². The van der Waals surface area contributed by atoms with Crippen LogP contribution in [0.3, 0.4) is 0 Å². The first-order valence-electron chi connectivity index (χ1n) is 2.79. The van der Waals surface area contributed by atoms with Crippen LogP contribution in [0, 0.1) is 6.92 Å². The maximum absolute atomic E-state index is 4.98. The normalized spacial score (nSPS) is 7.36. The van der Waals surface area contributed by atoms with Crippen LogP contribution in [0.4, 0.5) is 0 Å². The minimum Gasteiger partial charge on any atom is -1.00 e. The molecule has 1 aromatic carbocycles. The molecule has 3 heteroatoms. The SMILES string of the molecule is [CH2-]c1ccccc1OC.[Cl-].[Mg+2]. The first kappa shape index (κ1) is 13.5. The largest absolute Gasteiger partial charge is 2.00 e. The Morgan fingerprint density at radius 1 is 1.27 bits per heavy atom. The van der Waals surface area contributed by atoms with Gasteiger partial charge < -0.3 is 17.1 Å². The predicted octanol–water partition coefficient (Wildman–Crippen LogP) is -1.50. The van der Waals surface area contributed by atoms with E-state index in [-0.39, 0.29) is 35.5 Å². The molecule has 11 heavy (non-hydrogen) atoms. The van der Waals surface area contributed by atoms with Gasteiger partial charge in [0.1, 0.15) is 0 Å². The summed E-state index contributed by atoms with van der Waals surface area (Å²) in [6, 6.07) is 7.67. The molecule has 0 aliphatic carbocycles. The van der Waals surface area contributed by atoms with Crippen molar-refractivity contribution in [3.8, 4) is 5.75 Å². The molecule has 0 N–H and O–H groups in total. The maximum Gasteiger partial charge on any atom is 2.00 e. The Bertz CT molecular complexity index is 203. The van der Waals surface area contributed by atoms with Gasteiger partial charge >= 0.3 is 23.1 Å². The van der Waals surface area contributed by atoms with Crippen molar-refractivity contribution < 1.29 is 17.1 Å². The Hall–Kier alpha value is -0.0538. The molecule has 1 rings (SSSR count). The van der Waals surface area contributed by atoms with Crippen LogP contribution in [0.25, 0.3) is 0 Å². The minimum absolute atomic E-state index is 0. The van der Waals surface area contributed by atoms with Gasteiger partial charge in [-0.1, -0.05) is 12.1 Å². The van der Waals surface area contributed by atoms with Gasteiger partial charge in [0.2, 0.25) is 0 Å². The van der Waals surface area contributed by atoms with Crippen LogP contribution in [-0.4, -0.2) is 30.2 Å². The van der Waals surface area contributed by atoms with Gasteiger partial charge in [0.25, 0.3) is 0 Å². The standard InChI is InChI=1S/C8H9O.ClH.Mg/c1-7-5-3-4-6-8(7)9-2;;/h3-6H,1H2,2H3;1H;/q-1;;+2/p-1. The first-order chi connectivity index (χ1) is 4.34. The van der Waals surface area contributed by atoms with E-state index in [1.54, 1.807) is 7.11 Å². The predicted molar refractivity (Wildman–Crippen MR) is 43.2 cm³/mol. The van der Waals surface area contributed by atoms with Crippen LogP contribution in [0.5, 0.6) is 5.75 Å². The van der Waals surface area contributed by atoms with E-state index in [1.165, 1.54) is 0 Å². The molecule has 0 bridgehead atoms. The number of methoxy groups -OCH3 is 1. The van der Waals surface area contributed by atoms with Crippen LogP contribution in [0.1, 0.15) is 5.56 Å². The average molecular weight is 181 g/mol. The fraction of sp³-hybridized carbons (Fsp3) is 0.125. The molecule has 0 radical (unpaired) electrons. The third-order valence-corrected chi connectivity index (χ3v) is 1.19. The van der Waals surface area contributed by atoms with Crippen LogP contribution in [-0.2, 0) is 0 Å². The summed E-state index contributed by atoms with van der Waals surface area (Å²) in [7, 11) is 1.64. The second-order valence-corrected chi connectivity index (χ2v) is 1.81. The monoisotopic (exact) mass is 180 g/mol. The van der Waals surface area contributed by atoms with E-state index in [0.29, 0.717) is 0 Å². The molecule has 0 amide bonds. The van der Waals surface area contributed by atoms with Gasteiger partial charge in [0, 0.05) is 5.75 Å². The molecule has 1 nitrogen and oxygen atoms in total. The number of hydrogen-bond acceptors (Lipinski definition) is 1. The number of benzene rings is 1. The minimum atomic E-state index is 0. The van der Waals surface area contributed by atoms with Gasteiger partial charge in [-0.05, 0) is 0 Å². The second kappa shape index (κ2) is 6.64. The molecule has 0 saturated carbocycles. The molecule has 1 aromatic rings. The Labute approximate surface area is 89.7 Å². The van der Waals surface area contributed by atoms with E-state index in [4.69, 9.17) is 4.74 Å². The molecule has 0 heterocycles. The molecule has 0 fully saturated rings. The van der Waals surface area contributed by atoms with E-state index < -0.39 is 0 Å². The first-order valence-corrected chi connectivity index (χ1v) is 2.79. The van der Waals surface area contributed by atoms with Crippen molar-refractivity contribution in [2.75, 3.05) is 7.11 Å². The van der Waals surface area contributed by atoms with Crippen molar-refractivity contribution in [2.24, 2.45) is 0 Å². The summed E-state index contributed by atoms with van der Waals surface area (Å²) in [6.45, 7) is 3.77. The van der Waals surface area contributed by atoms with Crippen molar-refractivity contribution in [1.29, 1.82) is 0 Å². The quantitative estimate of drug-likeness (QED) is 0.378. The van der Waals surface area contributed by atoms with Crippen LogP contribution in [0.15, 0.2) is 24.3 Å². The third-order valence-electron chi connectivity index (χ3n) is 1.19. The van der Waals surface area contributed by atoms with Crippen LogP contribution in [0.2, 0.25) is 0 Å². The number of para-hydroxylation sites is 1. The number of halogens is 1. The smallest absolute Gasteiger partial charge is 1.00 e. The summed E-state index contributed by atoms with van der Waals surface area (Å²) < 4.78 is 4.98. The molecule has 56 valence electrons. The van der Waals surface area contributed by atoms with Gasteiger partial charge in [0.05, 0.1) is 7.11 Å². The molecule has 0 aliphatic heterocycles. The summed E-state index contributed by atoms with van der Waals surface area (Å²) in [4.78, 5) is 0. The van der Waals surface area contributed by atoms with Crippen LogP contribution >= 0.6 is 0 Å². The second-order valence-electron chi connectivity index (χ2n) is 1.81. The van der Waals surface area contributed by atoms with Gasteiger partial charge in [-0.25, -0.2) is 0 Å². The maximum atomic E-state index is 4.98. The van der Waals surface area contributed by atoms with Gasteiger partial charge in [-0.15, -0.1) is 6.07 Å². The summed E-state index contributed by atoms with van der Waals surface area (Å²) in [5.74, 6) is 0.845. The summed E-state index contributed by atoms with van der Waals surface area (Å²) in [5.41, 5.74) is 0.931. The summed E-state index contributed by atoms with van der Waals surface area (Å²) >= 11 is 0. The number of hydrogen-bond donors (Lipinski definition) is 0. The Morgan fingerprint density at radius 2 is 1.82 bits per heavy atom. The molecule has 0 spiro atoms. The molecule has 0 aliphatic rings. The zero-order chi connectivity index (χ0) is 6.69. The Kier molecular flexibility index (Phi) is 8.17. The molecule has 0 unspecified atom stereocenters. The van der Waals surface area contributed by atoms with Crippen molar-refractivity contribution in [3.05, 3.63) is 36.8 Å². The fourth-order valence-corrected chi connectivity index (χ4v) is 0.703. The van der Waals surface area contributed by atoms with E-state index in [1.807, 2.05) is 24.3 Å². The van der Waals surface area contributed by atoms with E-state index >= 15 is 0 Å². The zero-order valence-corrected chi connectivity index (χ0v) is 8.68. The number of ether oxygens (including phenoxy) is 1. The molecule has 0 atom stereocenters. The topological polar surface area (TPSA) is 9.23 Å². The Morgan fingerprint density at radius 3 is 2.18 bits per heavy atom. The van der Waals surface area contributed by atoms with Gasteiger partial charge in [-0.3, -0.25) is 0 Å². The van der Waals surface area contributed by atoms with E-state index in [0.717, 1.165) is 11.3 Å². The van der Waals surface area contributed by atoms with Crippen molar-refractivity contribution in [3.63, 3.8) is 0 Å².